The zero-order chi connectivity index (χ0) is 19.8. The van der Waals surface area contributed by atoms with Crippen molar-refractivity contribution in [1.82, 2.24) is 14.2 Å². The third-order valence-electron chi connectivity index (χ3n) is 4.80. The quantitative estimate of drug-likeness (QED) is 0.636. The van der Waals surface area contributed by atoms with E-state index in [0.717, 1.165) is 6.20 Å². The highest BCUT2D eigenvalue weighted by Crippen LogP contribution is 2.55. The minimum absolute atomic E-state index is 0. The Morgan fingerprint density at radius 3 is 2.66 bits per heavy atom. The Kier molecular flexibility index (Phi) is 9.10. The average molecular weight is 469 g/mol. The first kappa shape index (κ1) is 25.8. The fourth-order valence-electron chi connectivity index (χ4n) is 3.52. The Morgan fingerprint density at radius 2 is 2.00 bits per heavy atom. The second-order valence-corrected chi connectivity index (χ2v) is 8.86. The van der Waals surface area contributed by atoms with Crippen LogP contribution in [-0.4, -0.2) is 60.9 Å². The average Bonchev–Trinajstić information content (AvgIpc) is 2.82. The van der Waals surface area contributed by atoms with Crippen LogP contribution >= 0.6 is 35.6 Å². The molecule has 1 aromatic heterocycles. The van der Waals surface area contributed by atoms with Crippen molar-refractivity contribution in [3.63, 3.8) is 0 Å². The third kappa shape index (κ3) is 5.11. The lowest BCUT2D eigenvalue weighted by molar-refractivity contribution is -0.132. The van der Waals surface area contributed by atoms with Crippen LogP contribution < -0.4 is 5.73 Å². The van der Waals surface area contributed by atoms with Gasteiger partial charge in [0.25, 0.3) is 0 Å². The van der Waals surface area contributed by atoms with Gasteiger partial charge in [-0.3, -0.25) is 18.9 Å². The first-order chi connectivity index (χ1) is 12.7. The molecule has 0 radical (unpaired) electrons. The van der Waals surface area contributed by atoms with E-state index in [2.05, 4.69) is 4.98 Å². The van der Waals surface area contributed by atoms with E-state index in [-0.39, 0.29) is 47.0 Å². The molecule has 164 valence electrons. The number of nitrogens with zero attached hydrogens (tertiary/aromatic N) is 3. The Labute approximate surface area is 183 Å². The number of amides is 1. The van der Waals surface area contributed by atoms with Crippen LogP contribution in [0.5, 0.6) is 0 Å². The molecule has 0 unspecified atom stereocenters. The number of halogens is 3. The highest BCUT2D eigenvalue weighted by Gasteiger charge is 2.35. The second kappa shape index (κ2) is 10.2. The molecule has 1 amide bonds. The number of fused-ring (bicyclic) bond motifs is 1. The molecule has 11 heteroatoms. The molecule has 1 fully saturated rings. The summed E-state index contributed by atoms with van der Waals surface area (Å²) in [5.41, 5.74) is 5.71. The van der Waals surface area contributed by atoms with Gasteiger partial charge in [0, 0.05) is 42.6 Å². The molecule has 7 nitrogen and oxygen atoms in total. The summed E-state index contributed by atoms with van der Waals surface area (Å²) in [5.74, 6) is -0.762. The summed E-state index contributed by atoms with van der Waals surface area (Å²) in [4.78, 5) is 17.9. The van der Waals surface area contributed by atoms with E-state index in [0.29, 0.717) is 31.4 Å². The predicted octanol–water partition coefficient (Wildman–Crippen LogP) is 3.51. The molecule has 29 heavy (non-hydrogen) atoms. The van der Waals surface area contributed by atoms with Gasteiger partial charge in [-0.15, -0.1) is 35.6 Å². The van der Waals surface area contributed by atoms with Gasteiger partial charge in [-0.25, -0.2) is 4.39 Å². The molecule has 1 aliphatic heterocycles. The Morgan fingerprint density at radius 1 is 1.31 bits per heavy atom. The molecule has 2 heterocycles. The maximum absolute atomic E-state index is 14.4. The Hall–Kier alpha value is -1.20. The monoisotopic (exact) mass is 468 g/mol. The van der Waals surface area contributed by atoms with Gasteiger partial charge in [-0.05, 0) is 26.3 Å². The summed E-state index contributed by atoms with van der Waals surface area (Å²) in [6, 6.07) is 3.92. The van der Waals surface area contributed by atoms with Gasteiger partial charge in [0.05, 0.1) is 17.1 Å². The molecule has 1 aromatic carbocycles. The summed E-state index contributed by atoms with van der Waals surface area (Å²) in [5, 5.41) is 0.663. The van der Waals surface area contributed by atoms with E-state index in [1.54, 1.807) is 28.3 Å². The van der Waals surface area contributed by atoms with Crippen molar-refractivity contribution in [1.29, 1.82) is 0 Å². The maximum atomic E-state index is 14.4. The number of rotatable bonds is 3. The van der Waals surface area contributed by atoms with Gasteiger partial charge in [-0.1, -0.05) is 12.1 Å². The SMILES string of the molecule is C[C@@H](N)C(=O)N1CCCN(S(O)(O)c2cccc3cncc(F)c23)[C@@H](C)C1.Cl.Cl. The van der Waals surface area contributed by atoms with Gasteiger partial charge in [0.15, 0.2) is 5.82 Å². The number of carbonyl (C=O) groups is 1. The third-order valence-corrected chi connectivity index (χ3v) is 6.93. The fraction of sp³-hybridized carbons (Fsp3) is 0.444. The molecule has 4 N–H and O–H groups in total. The zero-order valence-electron chi connectivity index (χ0n) is 16.2. The highest BCUT2D eigenvalue weighted by atomic mass is 35.5. The fourth-order valence-corrected chi connectivity index (χ4v) is 5.47. The predicted molar refractivity (Wildman–Crippen MR) is 118 cm³/mol. The number of carbonyl (C=O) groups excluding carboxylic acids is 1. The van der Waals surface area contributed by atoms with E-state index < -0.39 is 22.6 Å². The van der Waals surface area contributed by atoms with Crippen LogP contribution in [0.1, 0.15) is 20.3 Å². The van der Waals surface area contributed by atoms with E-state index >= 15 is 0 Å². The van der Waals surface area contributed by atoms with E-state index in [1.165, 1.54) is 12.3 Å². The summed E-state index contributed by atoms with van der Waals surface area (Å²) in [6.07, 6.45) is 3.12. The molecule has 1 aliphatic rings. The minimum atomic E-state index is -3.46. The lowest BCUT2D eigenvalue weighted by Gasteiger charge is -2.46. The summed E-state index contributed by atoms with van der Waals surface area (Å²) < 4.78 is 38.2. The summed E-state index contributed by atoms with van der Waals surface area (Å²) in [7, 11) is -3.46. The number of hydrogen-bond donors (Lipinski definition) is 3. The molecule has 0 saturated carbocycles. The van der Waals surface area contributed by atoms with Crippen LogP contribution in [0.25, 0.3) is 10.8 Å². The standard InChI is InChI=1S/C18H25FN4O3S.2ClH/c1-12-11-22(18(24)13(2)20)7-4-8-23(12)27(25,26)16-6-3-5-14-9-21-10-15(19)17(14)16;;/h3,5-6,9-10,12-13,25-26H,4,7-8,11,20H2,1-2H3;2*1H/t12-,13+;;/m0../s1. The molecule has 1 saturated heterocycles. The molecule has 0 spiro atoms. The van der Waals surface area contributed by atoms with Crippen molar-refractivity contribution in [2.75, 3.05) is 19.6 Å². The van der Waals surface area contributed by atoms with E-state index in [4.69, 9.17) is 5.73 Å². The molecular weight excluding hydrogens is 442 g/mol. The molecular formula is C18H27Cl2FN4O3S. The van der Waals surface area contributed by atoms with E-state index in [9.17, 15) is 18.3 Å². The first-order valence-electron chi connectivity index (χ1n) is 8.85. The molecule has 3 rings (SSSR count). The Bertz CT molecular complexity index is 854. The van der Waals surface area contributed by atoms with Crippen molar-refractivity contribution in [3.8, 4) is 0 Å². The van der Waals surface area contributed by atoms with Crippen LogP contribution in [0.4, 0.5) is 4.39 Å². The minimum Gasteiger partial charge on any atom is -0.340 e. The summed E-state index contributed by atoms with van der Waals surface area (Å²) in [6.45, 7) is 4.64. The van der Waals surface area contributed by atoms with Crippen molar-refractivity contribution in [3.05, 3.63) is 36.4 Å². The van der Waals surface area contributed by atoms with Crippen LogP contribution in [0.3, 0.4) is 0 Å². The molecule has 2 atom stereocenters. The number of benzene rings is 1. The van der Waals surface area contributed by atoms with Crippen LogP contribution in [0, 0.1) is 5.82 Å². The van der Waals surface area contributed by atoms with Gasteiger partial charge >= 0.3 is 0 Å². The molecule has 0 aliphatic carbocycles. The maximum Gasteiger partial charge on any atom is 0.239 e. The van der Waals surface area contributed by atoms with Gasteiger partial charge in [-0.2, -0.15) is 4.31 Å². The zero-order valence-corrected chi connectivity index (χ0v) is 18.6. The lowest BCUT2D eigenvalue weighted by Crippen LogP contribution is -2.46. The number of nitrogens with two attached hydrogens (primary N) is 1. The largest absolute Gasteiger partial charge is 0.340 e. The number of aromatic nitrogens is 1. The van der Waals surface area contributed by atoms with Gasteiger partial charge in [0.2, 0.25) is 5.91 Å². The van der Waals surface area contributed by atoms with Crippen molar-refractivity contribution in [2.45, 2.75) is 37.2 Å². The van der Waals surface area contributed by atoms with Crippen molar-refractivity contribution >= 4 is 52.3 Å². The van der Waals surface area contributed by atoms with Crippen LogP contribution in [0.15, 0.2) is 35.5 Å². The topological polar surface area (TPSA) is 103 Å². The van der Waals surface area contributed by atoms with Crippen molar-refractivity contribution < 1.29 is 18.3 Å². The smallest absolute Gasteiger partial charge is 0.239 e. The highest BCUT2D eigenvalue weighted by molar-refractivity contribution is 8.22. The van der Waals surface area contributed by atoms with Crippen molar-refractivity contribution in [2.24, 2.45) is 5.73 Å². The summed E-state index contributed by atoms with van der Waals surface area (Å²) >= 11 is 0. The molecule has 2 aromatic rings. The Balaban J connectivity index is 0.00000210. The molecule has 0 bridgehead atoms. The first-order valence-corrected chi connectivity index (χ1v) is 10.4. The second-order valence-electron chi connectivity index (χ2n) is 6.91. The number of hydrogen-bond acceptors (Lipinski definition) is 6. The number of pyridine rings is 1. The van der Waals surface area contributed by atoms with Crippen LogP contribution in [-0.2, 0) is 4.79 Å². The van der Waals surface area contributed by atoms with Gasteiger partial charge in [0.1, 0.15) is 0 Å². The van der Waals surface area contributed by atoms with E-state index in [1.807, 2.05) is 6.92 Å². The lowest BCUT2D eigenvalue weighted by atomic mass is 10.2. The van der Waals surface area contributed by atoms with Crippen LogP contribution in [0.2, 0.25) is 0 Å². The normalized spacial score (nSPS) is 19.7. The van der Waals surface area contributed by atoms with Gasteiger partial charge < -0.3 is 10.6 Å².